The number of phenols is 1. The zero-order valence-corrected chi connectivity index (χ0v) is 16.2. The molecule has 28 heavy (non-hydrogen) atoms. The maximum absolute atomic E-state index is 13.3. The average molecular weight is 380 g/mol. The van der Waals surface area contributed by atoms with Gasteiger partial charge in [0.15, 0.2) is 0 Å². The van der Waals surface area contributed by atoms with E-state index in [2.05, 4.69) is 9.80 Å². The molecule has 2 aromatic rings. The van der Waals surface area contributed by atoms with Gasteiger partial charge in [0.05, 0.1) is 13.2 Å². The van der Waals surface area contributed by atoms with E-state index in [1.807, 2.05) is 36.4 Å². The topological polar surface area (TPSA) is 53.0 Å². The molecule has 2 aromatic carbocycles. The van der Waals surface area contributed by atoms with Gasteiger partial charge >= 0.3 is 0 Å². The first-order valence-electron chi connectivity index (χ1n) is 10.2. The van der Waals surface area contributed by atoms with Crippen molar-refractivity contribution < 1.29 is 14.6 Å². The fourth-order valence-corrected chi connectivity index (χ4v) is 4.22. The number of nitrogens with zero attached hydrogens (tertiary/aromatic N) is 2. The molecular formula is C23H28N2O3. The number of likely N-dealkylation sites (tertiary alicyclic amines) is 1. The number of morpholine rings is 1. The number of carbonyl (C=O) groups is 1. The standard InChI is InChI=1S/C23H28N2O3/c26-22-9-4-6-19(16-22)18-5-3-7-20(15-18)23(27)25-10-2-1-8-21(25)17-24-11-13-28-14-12-24/h3-7,9,15-16,21,26H,1-2,8,10-14,17H2/t21-/m1/s1. The summed E-state index contributed by atoms with van der Waals surface area (Å²) < 4.78 is 5.46. The highest BCUT2D eigenvalue weighted by molar-refractivity contribution is 5.95. The summed E-state index contributed by atoms with van der Waals surface area (Å²) in [4.78, 5) is 17.8. The van der Waals surface area contributed by atoms with Crippen LogP contribution >= 0.6 is 0 Å². The Bertz CT molecular complexity index is 817. The number of hydrogen-bond acceptors (Lipinski definition) is 4. The van der Waals surface area contributed by atoms with Crippen molar-refractivity contribution in [2.24, 2.45) is 0 Å². The lowest BCUT2D eigenvalue weighted by Gasteiger charge is -2.39. The Hall–Kier alpha value is -2.37. The van der Waals surface area contributed by atoms with Gasteiger partial charge in [0.2, 0.25) is 0 Å². The highest BCUT2D eigenvalue weighted by atomic mass is 16.5. The molecule has 2 aliphatic heterocycles. The van der Waals surface area contributed by atoms with Crippen LogP contribution in [0.5, 0.6) is 5.75 Å². The number of carbonyl (C=O) groups excluding carboxylic acids is 1. The number of amides is 1. The minimum atomic E-state index is 0.111. The highest BCUT2D eigenvalue weighted by Crippen LogP contribution is 2.26. The second-order valence-corrected chi connectivity index (χ2v) is 7.69. The van der Waals surface area contributed by atoms with Crippen LogP contribution < -0.4 is 0 Å². The van der Waals surface area contributed by atoms with Crippen molar-refractivity contribution in [1.29, 1.82) is 0 Å². The first kappa shape index (κ1) is 19.0. The average Bonchev–Trinajstić information content (AvgIpc) is 2.74. The van der Waals surface area contributed by atoms with Crippen molar-refractivity contribution in [2.75, 3.05) is 39.4 Å². The predicted molar refractivity (Wildman–Crippen MR) is 109 cm³/mol. The second-order valence-electron chi connectivity index (χ2n) is 7.69. The molecule has 1 atom stereocenters. The second kappa shape index (κ2) is 8.76. The molecular weight excluding hydrogens is 352 g/mol. The van der Waals surface area contributed by atoms with Gasteiger partial charge in [-0.2, -0.15) is 0 Å². The maximum Gasteiger partial charge on any atom is 0.254 e. The van der Waals surface area contributed by atoms with Crippen LogP contribution in [0.25, 0.3) is 11.1 Å². The fourth-order valence-electron chi connectivity index (χ4n) is 4.22. The van der Waals surface area contributed by atoms with Crippen LogP contribution in [-0.2, 0) is 4.74 Å². The summed E-state index contributed by atoms with van der Waals surface area (Å²) in [6.45, 7) is 5.22. The molecule has 0 aromatic heterocycles. The van der Waals surface area contributed by atoms with Crippen LogP contribution in [0.2, 0.25) is 0 Å². The largest absolute Gasteiger partial charge is 0.508 e. The number of phenolic OH excluding ortho intramolecular Hbond substituents is 1. The summed E-state index contributed by atoms with van der Waals surface area (Å²) in [6.07, 6.45) is 3.31. The molecule has 0 spiro atoms. The Morgan fingerprint density at radius 3 is 2.54 bits per heavy atom. The van der Waals surface area contributed by atoms with Crippen molar-refractivity contribution >= 4 is 5.91 Å². The zero-order valence-electron chi connectivity index (χ0n) is 16.2. The van der Waals surface area contributed by atoms with E-state index in [4.69, 9.17) is 4.74 Å². The maximum atomic E-state index is 13.3. The van der Waals surface area contributed by atoms with E-state index in [1.54, 1.807) is 12.1 Å². The molecule has 2 heterocycles. The molecule has 5 heteroatoms. The van der Waals surface area contributed by atoms with Gasteiger partial charge in [0, 0.05) is 37.8 Å². The van der Waals surface area contributed by atoms with Gasteiger partial charge in [-0.15, -0.1) is 0 Å². The number of rotatable bonds is 4. The first-order valence-corrected chi connectivity index (χ1v) is 10.2. The lowest BCUT2D eigenvalue weighted by atomic mass is 9.98. The van der Waals surface area contributed by atoms with E-state index < -0.39 is 0 Å². The van der Waals surface area contributed by atoms with E-state index in [0.29, 0.717) is 0 Å². The Morgan fingerprint density at radius 1 is 1.00 bits per heavy atom. The van der Waals surface area contributed by atoms with E-state index in [9.17, 15) is 9.90 Å². The smallest absolute Gasteiger partial charge is 0.254 e. The summed E-state index contributed by atoms with van der Waals surface area (Å²) in [7, 11) is 0. The lowest BCUT2D eigenvalue weighted by molar-refractivity contribution is 0.0166. The van der Waals surface area contributed by atoms with E-state index in [0.717, 1.165) is 68.9 Å². The molecule has 0 radical (unpaired) electrons. The molecule has 5 nitrogen and oxygen atoms in total. The molecule has 2 fully saturated rings. The minimum absolute atomic E-state index is 0.111. The number of ether oxygens (including phenoxy) is 1. The van der Waals surface area contributed by atoms with Crippen molar-refractivity contribution in [3.8, 4) is 16.9 Å². The molecule has 1 N–H and O–H groups in total. The highest BCUT2D eigenvalue weighted by Gasteiger charge is 2.29. The monoisotopic (exact) mass is 380 g/mol. The summed E-state index contributed by atoms with van der Waals surface area (Å²) in [5, 5.41) is 9.76. The van der Waals surface area contributed by atoms with Crippen molar-refractivity contribution in [1.82, 2.24) is 9.80 Å². The van der Waals surface area contributed by atoms with E-state index in [1.165, 1.54) is 6.42 Å². The number of aromatic hydroxyl groups is 1. The zero-order chi connectivity index (χ0) is 19.3. The Kier molecular flexibility index (Phi) is 5.93. The molecule has 2 aliphatic rings. The molecule has 0 aliphatic carbocycles. The van der Waals surface area contributed by atoms with E-state index in [-0.39, 0.29) is 17.7 Å². The minimum Gasteiger partial charge on any atom is -0.508 e. The van der Waals surface area contributed by atoms with Crippen LogP contribution in [0.15, 0.2) is 48.5 Å². The Morgan fingerprint density at radius 2 is 1.75 bits per heavy atom. The molecule has 0 bridgehead atoms. The van der Waals surface area contributed by atoms with Crippen molar-refractivity contribution in [3.05, 3.63) is 54.1 Å². The molecule has 0 saturated carbocycles. The molecule has 4 rings (SSSR count). The van der Waals surface area contributed by atoms with Crippen LogP contribution in [0.4, 0.5) is 0 Å². The van der Waals surface area contributed by atoms with Crippen LogP contribution in [0.3, 0.4) is 0 Å². The molecule has 2 saturated heterocycles. The number of hydrogen-bond donors (Lipinski definition) is 1. The van der Waals surface area contributed by atoms with Gasteiger partial charge in [-0.25, -0.2) is 0 Å². The van der Waals surface area contributed by atoms with Gasteiger partial charge in [-0.3, -0.25) is 9.69 Å². The summed E-state index contributed by atoms with van der Waals surface area (Å²) >= 11 is 0. The SMILES string of the molecule is O=C(c1cccc(-c2cccc(O)c2)c1)N1CCCC[C@@H]1CN1CCOCC1. The Labute approximate surface area is 166 Å². The van der Waals surface area contributed by atoms with Gasteiger partial charge in [-0.05, 0) is 54.7 Å². The van der Waals surface area contributed by atoms with Crippen molar-refractivity contribution in [2.45, 2.75) is 25.3 Å². The molecule has 0 unspecified atom stereocenters. The van der Waals surface area contributed by atoms with Crippen LogP contribution in [0, 0.1) is 0 Å². The van der Waals surface area contributed by atoms with Crippen LogP contribution in [-0.4, -0.2) is 66.2 Å². The van der Waals surface area contributed by atoms with Gasteiger partial charge in [0.25, 0.3) is 5.91 Å². The number of benzene rings is 2. The third-order valence-corrected chi connectivity index (χ3v) is 5.75. The van der Waals surface area contributed by atoms with Crippen LogP contribution in [0.1, 0.15) is 29.6 Å². The molecule has 148 valence electrons. The third kappa shape index (κ3) is 4.37. The fraction of sp³-hybridized carbons (Fsp3) is 0.435. The third-order valence-electron chi connectivity index (χ3n) is 5.75. The predicted octanol–water partition coefficient (Wildman–Crippen LogP) is 3.39. The van der Waals surface area contributed by atoms with Crippen molar-refractivity contribution in [3.63, 3.8) is 0 Å². The normalized spacial score (nSPS) is 20.9. The van der Waals surface area contributed by atoms with Gasteiger partial charge < -0.3 is 14.7 Å². The van der Waals surface area contributed by atoms with Gasteiger partial charge in [-0.1, -0.05) is 24.3 Å². The first-order chi connectivity index (χ1) is 13.7. The Balaban J connectivity index is 1.52. The number of piperidine rings is 1. The van der Waals surface area contributed by atoms with Gasteiger partial charge in [0.1, 0.15) is 5.75 Å². The summed E-state index contributed by atoms with van der Waals surface area (Å²) in [6, 6.07) is 15.2. The summed E-state index contributed by atoms with van der Waals surface area (Å²) in [5.41, 5.74) is 2.58. The quantitative estimate of drug-likeness (QED) is 0.883. The lowest BCUT2D eigenvalue weighted by Crippen LogP contribution is -2.51. The van der Waals surface area contributed by atoms with E-state index >= 15 is 0 Å². The summed E-state index contributed by atoms with van der Waals surface area (Å²) in [5.74, 6) is 0.343. The molecule has 1 amide bonds.